The van der Waals surface area contributed by atoms with Gasteiger partial charge in [0.2, 0.25) is 0 Å². The molecule has 2 aromatic carbocycles. The van der Waals surface area contributed by atoms with Crippen molar-refractivity contribution in [3.8, 4) is 0 Å². The number of hydrogen-bond acceptors (Lipinski definition) is 1. The smallest absolute Gasteiger partial charge is 0.332 e. The minimum absolute atomic E-state index is 0.00514. The Morgan fingerprint density at radius 1 is 0.909 bits per heavy atom. The van der Waals surface area contributed by atoms with Gasteiger partial charge in [-0.3, -0.25) is 0 Å². The highest BCUT2D eigenvalue weighted by atomic mass is 35.5. The number of halogens is 5. The van der Waals surface area contributed by atoms with Gasteiger partial charge in [-0.05, 0) is 54.7 Å². The molecule has 22 heavy (non-hydrogen) atoms. The Morgan fingerprint density at radius 3 is 2.09 bits per heavy atom. The van der Waals surface area contributed by atoms with E-state index in [0.29, 0.717) is 10.7 Å². The Morgan fingerprint density at radius 2 is 1.50 bits per heavy atom. The fraction of sp³-hybridized carbons (Fsp3) is 0.0714. The lowest BCUT2D eigenvalue weighted by atomic mass is 10.1. The van der Waals surface area contributed by atoms with E-state index in [4.69, 9.17) is 35.4 Å². The van der Waals surface area contributed by atoms with Crippen LogP contribution in [0, 0.1) is 0 Å². The summed E-state index contributed by atoms with van der Waals surface area (Å²) in [5.74, 6) is 0. The van der Waals surface area contributed by atoms with Crippen LogP contribution in [0.25, 0.3) is 0 Å². The van der Waals surface area contributed by atoms with Gasteiger partial charge in [0.15, 0.2) is 5.11 Å². The number of hydrogen-bond donors (Lipinski definition) is 2. The summed E-state index contributed by atoms with van der Waals surface area (Å²) in [6.45, 7) is 0. The average molecular weight is 365 g/mol. The molecule has 0 amide bonds. The third kappa shape index (κ3) is 4.50. The van der Waals surface area contributed by atoms with Gasteiger partial charge in [-0.2, -0.15) is 13.2 Å². The van der Waals surface area contributed by atoms with Gasteiger partial charge in [0.25, 0.3) is 0 Å². The van der Waals surface area contributed by atoms with Crippen molar-refractivity contribution >= 4 is 51.9 Å². The number of rotatable bonds is 2. The van der Waals surface area contributed by atoms with Gasteiger partial charge < -0.3 is 10.6 Å². The van der Waals surface area contributed by atoms with E-state index >= 15 is 0 Å². The summed E-state index contributed by atoms with van der Waals surface area (Å²) in [6.07, 6.45) is -4.54. The van der Waals surface area contributed by atoms with Crippen LogP contribution < -0.4 is 10.6 Å². The molecule has 0 aliphatic carbocycles. The topological polar surface area (TPSA) is 24.1 Å². The fourth-order valence-corrected chi connectivity index (χ4v) is 2.20. The summed E-state index contributed by atoms with van der Waals surface area (Å²) in [5, 5.41) is 5.85. The minimum Gasteiger partial charge on any atom is -0.332 e. The number of nitrogens with one attached hydrogen (secondary N) is 2. The first-order chi connectivity index (χ1) is 10.3. The van der Waals surface area contributed by atoms with Crippen LogP contribution >= 0.6 is 35.4 Å². The molecule has 0 bridgehead atoms. The van der Waals surface area contributed by atoms with Crippen molar-refractivity contribution in [1.82, 2.24) is 0 Å². The van der Waals surface area contributed by atoms with Crippen LogP contribution in [0.4, 0.5) is 24.5 Å². The molecule has 0 heterocycles. The second-order valence-corrected chi connectivity index (χ2v) is 5.55. The second kappa shape index (κ2) is 6.73. The van der Waals surface area contributed by atoms with Gasteiger partial charge in [0.1, 0.15) is 0 Å². The van der Waals surface area contributed by atoms with Crippen LogP contribution in [-0.4, -0.2) is 5.11 Å². The van der Waals surface area contributed by atoms with Crippen molar-refractivity contribution in [3.63, 3.8) is 0 Å². The monoisotopic (exact) mass is 364 g/mol. The first-order valence-electron chi connectivity index (χ1n) is 5.96. The largest absolute Gasteiger partial charge is 0.418 e. The van der Waals surface area contributed by atoms with Crippen molar-refractivity contribution in [2.75, 3.05) is 10.6 Å². The Kier molecular flexibility index (Phi) is 5.16. The van der Waals surface area contributed by atoms with Crippen LogP contribution in [0.1, 0.15) is 5.56 Å². The second-order valence-electron chi connectivity index (χ2n) is 4.27. The summed E-state index contributed by atoms with van der Waals surface area (Å²) >= 11 is 16.4. The van der Waals surface area contributed by atoms with Crippen LogP contribution in [0.2, 0.25) is 10.0 Å². The van der Waals surface area contributed by atoms with Crippen LogP contribution in [-0.2, 0) is 6.18 Å². The van der Waals surface area contributed by atoms with Crippen LogP contribution in [0.5, 0.6) is 0 Å². The van der Waals surface area contributed by atoms with E-state index in [0.717, 1.165) is 6.07 Å². The molecule has 0 atom stereocenters. The molecule has 0 saturated carbocycles. The van der Waals surface area contributed by atoms with Crippen molar-refractivity contribution in [3.05, 3.63) is 58.1 Å². The molecule has 0 aromatic heterocycles. The summed E-state index contributed by atoms with van der Waals surface area (Å²) in [7, 11) is 0. The molecule has 0 radical (unpaired) electrons. The van der Waals surface area contributed by atoms with Crippen molar-refractivity contribution < 1.29 is 13.2 Å². The molecule has 116 valence electrons. The maximum Gasteiger partial charge on any atom is 0.418 e. The van der Waals surface area contributed by atoms with Crippen LogP contribution in [0.3, 0.4) is 0 Å². The zero-order valence-corrected chi connectivity index (χ0v) is 13.2. The summed E-state index contributed by atoms with van der Waals surface area (Å²) in [5.41, 5.74) is -0.465. The van der Waals surface area contributed by atoms with E-state index in [1.54, 1.807) is 24.3 Å². The minimum atomic E-state index is -4.54. The molecule has 0 fully saturated rings. The lowest BCUT2D eigenvalue weighted by molar-refractivity contribution is -0.136. The highest BCUT2D eigenvalue weighted by Crippen LogP contribution is 2.36. The first kappa shape index (κ1) is 16.9. The lowest BCUT2D eigenvalue weighted by Gasteiger charge is -2.16. The molecule has 0 aliphatic rings. The predicted molar refractivity (Wildman–Crippen MR) is 87.7 cm³/mol. The fourth-order valence-electron chi connectivity index (χ4n) is 1.68. The van der Waals surface area contributed by atoms with Gasteiger partial charge in [-0.15, -0.1) is 0 Å². The average Bonchev–Trinajstić information content (AvgIpc) is 2.42. The summed E-state index contributed by atoms with van der Waals surface area (Å²) in [4.78, 5) is 0. The molecular formula is C14H9Cl2F3N2S. The molecule has 0 aliphatic heterocycles. The Balaban J connectivity index is 2.16. The van der Waals surface area contributed by atoms with E-state index in [1.165, 1.54) is 12.1 Å². The molecule has 2 rings (SSSR count). The molecule has 8 heteroatoms. The maximum atomic E-state index is 13.0. The third-order valence-electron chi connectivity index (χ3n) is 2.64. The van der Waals surface area contributed by atoms with E-state index in [9.17, 15) is 13.2 Å². The van der Waals surface area contributed by atoms with Crippen LogP contribution in [0.15, 0.2) is 42.5 Å². The standard InChI is InChI=1S/C14H9Cl2F3N2S/c15-8-1-4-10(5-2-8)20-13(22)21-12-6-3-9(16)7-11(12)14(17,18)19/h1-7H,(H2,20,21,22). The number of benzene rings is 2. The Hall–Kier alpha value is -1.50. The van der Waals surface area contributed by atoms with Crippen molar-refractivity contribution in [1.29, 1.82) is 0 Å². The molecule has 2 aromatic rings. The number of anilines is 2. The summed E-state index contributed by atoms with van der Waals surface area (Å²) in [6, 6.07) is 10.00. The number of alkyl halides is 3. The molecule has 2 nitrogen and oxygen atoms in total. The SMILES string of the molecule is FC(F)(F)c1cc(Cl)ccc1NC(=S)Nc1ccc(Cl)cc1. The summed E-state index contributed by atoms with van der Waals surface area (Å²) < 4.78 is 38.9. The van der Waals surface area contributed by atoms with Gasteiger partial charge in [-0.25, -0.2) is 0 Å². The van der Waals surface area contributed by atoms with Gasteiger partial charge in [-0.1, -0.05) is 23.2 Å². The van der Waals surface area contributed by atoms with Gasteiger partial charge in [0, 0.05) is 15.7 Å². The number of thiocarbonyl (C=S) groups is 1. The molecule has 0 unspecified atom stereocenters. The zero-order chi connectivity index (χ0) is 16.3. The molecular weight excluding hydrogens is 356 g/mol. The first-order valence-corrected chi connectivity index (χ1v) is 7.12. The normalized spacial score (nSPS) is 11.1. The van der Waals surface area contributed by atoms with Crippen molar-refractivity contribution in [2.24, 2.45) is 0 Å². The predicted octanol–water partition coefficient (Wildman–Crippen LogP) is 5.82. The van der Waals surface area contributed by atoms with Gasteiger partial charge in [0.05, 0.1) is 11.3 Å². The molecule has 0 spiro atoms. The Bertz CT molecular complexity index is 687. The van der Waals surface area contributed by atoms with E-state index in [1.807, 2.05) is 0 Å². The third-order valence-corrected chi connectivity index (χ3v) is 3.33. The van der Waals surface area contributed by atoms with Gasteiger partial charge >= 0.3 is 6.18 Å². The van der Waals surface area contributed by atoms with Crippen molar-refractivity contribution in [2.45, 2.75) is 6.18 Å². The zero-order valence-electron chi connectivity index (χ0n) is 10.8. The van der Waals surface area contributed by atoms with E-state index < -0.39 is 11.7 Å². The lowest BCUT2D eigenvalue weighted by Crippen LogP contribution is -2.21. The quantitative estimate of drug-likeness (QED) is 0.656. The molecule has 2 N–H and O–H groups in total. The highest BCUT2D eigenvalue weighted by molar-refractivity contribution is 7.80. The Labute approximate surface area is 140 Å². The van der Waals surface area contributed by atoms with E-state index in [-0.39, 0.29) is 15.8 Å². The maximum absolute atomic E-state index is 13.0. The molecule has 0 saturated heterocycles. The van der Waals surface area contributed by atoms with E-state index in [2.05, 4.69) is 10.6 Å². The highest BCUT2D eigenvalue weighted by Gasteiger charge is 2.34.